The average Bonchev–Trinajstić information content (AvgIpc) is 2.89. The Kier molecular flexibility index (Phi) is 9.26. The molecule has 1 N–H and O–H groups in total. The van der Waals surface area contributed by atoms with Gasteiger partial charge in [0.15, 0.2) is 34.5 Å². The van der Waals surface area contributed by atoms with Crippen molar-refractivity contribution in [2.75, 3.05) is 7.11 Å². The van der Waals surface area contributed by atoms with Crippen molar-refractivity contribution >= 4 is 0 Å². The van der Waals surface area contributed by atoms with Crippen molar-refractivity contribution in [1.82, 2.24) is 9.97 Å². The monoisotopic (exact) mass is 516 g/mol. The number of aromatic hydroxyl groups is 1. The maximum atomic E-state index is 13.7. The molecule has 0 bridgehead atoms. The lowest BCUT2D eigenvalue weighted by molar-refractivity contribution is 0.364. The number of phenols is 1. The van der Waals surface area contributed by atoms with Crippen molar-refractivity contribution in [3.63, 3.8) is 0 Å². The smallest absolute Gasteiger partial charge is 0.255 e. The molecule has 0 unspecified atom stereocenters. The Labute approximate surface area is 211 Å². The van der Waals surface area contributed by atoms with Crippen LogP contribution < -0.4 is 14.2 Å². The zero-order chi connectivity index (χ0) is 26.9. The summed E-state index contributed by atoms with van der Waals surface area (Å²) in [6.07, 6.45) is 3.55. The van der Waals surface area contributed by atoms with Gasteiger partial charge in [-0.2, -0.15) is 8.78 Å². The Hall–Kier alpha value is -4.34. The first kappa shape index (κ1) is 27.3. The lowest BCUT2D eigenvalue weighted by Crippen LogP contribution is -1.97. The predicted molar refractivity (Wildman–Crippen MR) is 128 cm³/mol. The van der Waals surface area contributed by atoms with Gasteiger partial charge in [-0.3, -0.25) is 0 Å². The number of nitrogens with zero attached hydrogens (tertiary/aromatic N) is 2. The second kappa shape index (κ2) is 12.6. The summed E-state index contributed by atoms with van der Waals surface area (Å²) in [5.41, 5.74) is 0.877. The highest BCUT2D eigenvalue weighted by atomic mass is 19.1. The van der Waals surface area contributed by atoms with Crippen LogP contribution in [0.5, 0.6) is 34.5 Å². The van der Waals surface area contributed by atoms with Crippen LogP contribution in [0.2, 0.25) is 0 Å². The van der Waals surface area contributed by atoms with Crippen molar-refractivity contribution in [2.24, 2.45) is 0 Å². The molecule has 0 radical (unpaired) electrons. The van der Waals surface area contributed by atoms with Gasteiger partial charge in [-0.1, -0.05) is 13.8 Å². The van der Waals surface area contributed by atoms with Crippen LogP contribution in [0.1, 0.15) is 25.0 Å². The second-order valence-corrected chi connectivity index (χ2v) is 7.50. The summed E-state index contributed by atoms with van der Waals surface area (Å²) in [4.78, 5) is 6.85. The van der Waals surface area contributed by atoms with Crippen LogP contribution in [0.3, 0.4) is 0 Å². The number of hydrogen-bond acceptors (Lipinski definition) is 6. The number of benzene rings is 2. The van der Waals surface area contributed by atoms with Gasteiger partial charge < -0.3 is 19.3 Å². The number of phenolic OH excluding ortho intramolecular Hbond substituents is 1. The fraction of sp³-hybridized carbons (Fsp3) is 0.185. The molecule has 2 heterocycles. The van der Waals surface area contributed by atoms with E-state index in [-0.39, 0.29) is 28.7 Å². The first-order valence-corrected chi connectivity index (χ1v) is 11.2. The summed E-state index contributed by atoms with van der Waals surface area (Å²) >= 11 is 0. The number of ether oxygens (including phenoxy) is 3. The maximum Gasteiger partial charge on any atom is 0.255 e. The van der Waals surface area contributed by atoms with E-state index in [9.17, 15) is 22.7 Å². The highest BCUT2D eigenvalue weighted by molar-refractivity contribution is 5.46. The van der Waals surface area contributed by atoms with Crippen molar-refractivity contribution in [3.05, 3.63) is 95.6 Å². The molecule has 0 saturated heterocycles. The summed E-state index contributed by atoms with van der Waals surface area (Å²) in [5, 5.41) is 9.66. The highest BCUT2D eigenvalue weighted by Crippen LogP contribution is 2.35. The van der Waals surface area contributed by atoms with Gasteiger partial charge in [-0.25, -0.2) is 18.7 Å². The number of methoxy groups -OCH3 is 1. The summed E-state index contributed by atoms with van der Waals surface area (Å²) in [6, 6.07) is 10.8. The van der Waals surface area contributed by atoms with E-state index < -0.39 is 23.5 Å². The van der Waals surface area contributed by atoms with Crippen molar-refractivity contribution in [3.8, 4) is 34.5 Å². The Morgan fingerprint density at radius 2 is 1.16 bits per heavy atom. The zero-order valence-corrected chi connectivity index (χ0v) is 20.3. The van der Waals surface area contributed by atoms with Gasteiger partial charge in [-0.15, -0.1) is 0 Å². The minimum atomic E-state index is -0.822. The number of aryl methyl sites for hydroxylation is 2. The minimum Gasteiger partial charge on any atom is -0.504 e. The number of rotatable bonds is 7. The van der Waals surface area contributed by atoms with E-state index in [1.165, 1.54) is 55.9 Å². The third kappa shape index (κ3) is 6.87. The SMILES string of the molecule is CCc1cc(O)c(Oc2cccnc2F)cc1F.CCc1cc(OC)c(Oc2cccnc2F)cc1F. The molecule has 0 aliphatic carbocycles. The standard InChI is InChI=1S/C14H13F2NO2.C13H11F2NO2/c1-3-9-7-12(18-2)13(8-10(9)15)19-11-5-4-6-17-14(11)16;1-2-8-6-10(17)12(7-9(8)14)18-11-4-3-5-16-13(11)15/h4-8H,3H2,1-2H3;3-7,17H,2H2,1H3. The van der Waals surface area contributed by atoms with Gasteiger partial charge in [0.25, 0.3) is 11.9 Å². The molecule has 194 valence electrons. The summed E-state index contributed by atoms with van der Waals surface area (Å²) in [6.45, 7) is 3.60. The zero-order valence-electron chi connectivity index (χ0n) is 20.3. The molecule has 37 heavy (non-hydrogen) atoms. The molecule has 0 fully saturated rings. The fourth-order valence-electron chi connectivity index (χ4n) is 3.16. The highest BCUT2D eigenvalue weighted by Gasteiger charge is 2.14. The fourth-order valence-corrected chi connectivity index (χ4v) is 3.16. The Bertz CT molecular complexity index is 1370. The normalized spacial score (nSPS) is 10.4. The van der Waals surface area contributed by atoms with Crippen LogP contribution in [0.15, 0.2) is 60.9 Å². The predicted octanol–water partition coefficient (Wildman–Crippen LogP) is 7.14. The molecule has 0 aliphatic rings. The molecule has 2 aromatic heterocycles. The number of pyridine rings is 2. The Morgan fingerprint density at radius 3 is 1.65 bits per heavy atom. The van der Waals surface area contributed by atoms with Crippen LogP contribution >= 0.6 is 0 Å². The van der Waals surface area contributed by atoms with Crippen LogP contribution in [0.4, 0.5) is 17.6 Å². The maximum absolute atomic E-state index is 13.7. The molecule has 0 spiro atoms. The van der Waals surface area contributed by atoms with Gasteiger partial charge in [-0.05, 0) is 60.4 Å². The second-order valence-electron chi connectivity index (χ2n) is 7.50. The Morgan fingerprint density at radius 1 is 0.676 bits per heavy atom. The molecule has 0 aliphatic heterocycles. The number of halogens is 4. The van der Waals surface area contributed by atoms with Crippen molar-refractivity contribution in [1.29, 1.82) is 0 Å². The summed E-state index contributed by atoms with van der Waals surface area (Å²) in [5.74, 6) is -2.67. The third-order valence-corrected chi connectivity index (χ3v) is 5.11. The molecule has 2 aromatic carbocycles. The van der Waals surface area contributed by atoms with Gasteiger partial charge in [0.2, 0.25) is 0 Å². The summed E-state index contributed by atoms with van der Waals surface area (Å²) < 4.78 is 69.4. The first-order chi connectivity index (χ1) is 17.8. The van der Waals surface area contributed by atoms with Gasteiger partial charge in [0, 0.05) is 24.5 Å². The number of aromatic nitrogens is 2. The van der Waals surface area contributed by atoms with Crippen LogP contribution in [0, 0.1) is 23.5 Å². The van der Waals surface area contributed by atoms with Gasteiger partial charge in [0.05, 0.1) is 7.11 Å². The topological polar surface area (TPSA) is 73.7 Å². The molecular weight excluding hydrogens is 492 g/mol. The molecule has 0 saturated carbocycles. The number of hydrogen-bond donors (Lipinski definition) is 1. The molecule has 4 aromatic rings. The van der Waals surface area contributed by atoms with E-state index >= 15 is 0 Å². The van der Waals surface area contributed by atoms with Gasteiger partial charge in [0.1, 0.15) is 11.6 Å². The third-order valence-electron chi connectivity index (χ3n) is 5.11. The molecule has 6 nitrogen and oxygen atoms in total. The largest absolute Gasteiger partial charge is 0.504 e. The Balaban J connectivity index is 0.000000206. The van der Waals surface area contributed by atoms with E-state index in [2.05, 4.69) is 9.97 Å². The molecule has 0 amide bonds. The molecule has 0 atom stereocenters. The lowest BCUT2D eigenvalue weighted by atomic mass is 10.1. The minimum absolute atomic E-state index is 0.0792. The van der Waals surface area contributed by atoms with E-state index in [0.717, 1.165) is 6.07 Å². The van der Waals surface area contributed by atoms with E-state index in [1.54, 1.807) is 13.0 Å². The first-order valence-electron chi connectivity index (χ1n) is 11.2. The quantitative estimate of drug-likeness (QED) is 0.208. The molecular formula is C27H24F4N2O4. The van der Waals surface area contributed by atoms with Gasteiger partial charge >= 0.3 is 0 Å². The van der Waals surface area contributed by atoms with Crippen LogP contribution in [0.25, 0.3) is 0 Å². The molecule has 4 rings (SSSR count). The van der Waals surface area contributed by atoms with Crippen molar-refractivity contribution < 1.29 is 36.9 Å². The average molecular weight is 516 g/mol. The molecule has 10 heteroatoms. The van der Waals surface area contributed by atoms with Crippen LogP contribution in [-0.4, -0.2) is 22.2 Å². The van der Waals surface area contributed by atoms with Crippen molar-refractivity contribution in [2.45, 2.75) is 26.7 Å². The lowest BCUT2D eigenvalue weighted by Gasteiger charge is -2.12. The van der Waals surface area contributed by atoms with E-state index in [0.29, 0.717) is 29.7 Å². The van der Waals surface area contributed by atoms with E-state index in [1.807, 2.05) is 6.92 Å². The summed E-state index contributed by atoms with van der Waals surface area (Å²) in [7, 11) is 1.44. The van der Waals surface area contributed by atoms with Crippen LogP contribution in [-0.2, 0) is 12.8 Å². The van der Waals surface area contributed by atoms with E-state index in [4.69, 9.17) is 14.2 Å².